The van der Waals surface area contributed by atoms with Crippen LogP contribution in [0.2, 0.25) is 0 Å². The summed E-state index contributed by atoms with van der Waals surface area (Å²) in [6, 6.07) is 15.7. The Hall–Kier alpha value is -3.80. The first-order chi connectivity index (χ1) is 13.6. The maximum absolute atomic E-state index is 12.4. The lowest BCUT2D eigenvalue weighted by molar-refractivity contribution is -0.114. The van der Waals surface area contributed by atoms with Gasteiger partial charge in [-0.2, -0.15) is 0 Å². The molecule has 0 radical (unpaired) electrons. The fourth-order valence-electron chi connectivity index (χ4n) is 2.90. The highest BCUT2D eigenvalue weighted by molar-refractivity contribution is 5.98. The third kappa shape index (κ3) is 3.66. The zero-order valence-corrected chi connectivity index (χ0v) is 15.1. The Morgan fingerprint density at radius 1 is 1.04 bits per heavy atom. The topological polar surface area (TPSA) is 81.7 Å². The maximum atomic E-state index is 12.4. The van der Waals surface area contributed by atoms with Crippen molar-refractivity contribution in [3.8, 4) is 17.1 Å². The van der Waals surface area contributed by atoms with E-state index in [9.17, 15) is 9.59 Å². The molecule has 0 saturated heterocycles. The van der Waals surface area contributed by atoms with Crippen molar-refractivity contribution >= 4 is 28.3 Å². The molecule has 28 heavy (non-hydrogen) atoms. The highest BCUT2D eigenvalue weighted by atomic mass is 16.5. The van der Waals surface area contributed by atoms with Gasteiger partial charge in [0.05, 0.1) is 11.8 Å². The van der Waals surface area contributed by atoms with E-state index in [-0.39, 0.29) is 18.3 Å². The minimum Gasteiger partial charge on any atom is -0.485 e. The van der Waals surface area contributed by atoms with Gasteiger partial charge in [-0.25, -0.2) is 0 Å². The highest BCUT2D eigenvalue weighted by Gasteiger charge is 2.13. The molecule has 0 spiro atoms. The second kappa shape index (κ2) is 7.44. The summed E-state index contributed by atoms with van der Waals surface area (Å²) >= 11 is 0. The largest absolute Gasteiger partial charge is 0.485 e. The number of ether oxygens (including phenoxy) is 1. The van der Waals surface area contributed by atoms with Crippen LogP contribution in [-0.4, -0.2) is 18.3 Å². The summed E-state index contributed by atoms with van der Waals surface area (Å²) in [6.45, 7) is 1.33. The predicted molar refractivity (Wildman–Crippen MR) is 104 cm³/mol. The third-order valence-corrected chi connectivity index (χ3v) is 4.23. The molecule has 2 aromatic heterocycles. The molecule has 0 fully saturated rings. The Morgan fingerprint density at radius 2 is 1.86 bits per heavy atom. The summed E-state index contributed by atoms with van der Waals surface area (Å²) in [5.41, 5.74) is 2.68. The van der Waals surface area contributed by atoms with Gasteiger partial charge in [0.1, 0.15) is 23.4 Å². The van der Waals surface area contributed by atoms with Gasteiger partial charge in [-0.15, -0.1) is 0 Å². The van der Waals surface area contributed by atoms with E-state index in [1.807, 2.05) is 18.2 Å². The Morgan fingerprint density at radius 3 is 2.57 bits per heavy atom. The van der Waals surface area contributed by atoms with Crippen LogP contribution in [0.1, 0.15) is 17.3 Å². The first kappa shape index (κ1) is 17.6. The summed E-state index contributed by atoms with van der Waals surface area (Å²) in [4.78, 5) is 23.4. The van der Waals surface area contributed by atoms with Crippen molar-refractivity contribution in [1.82, 2.24) is 0 Å². The quantitative estimate of drug-likeness (QED) is 0.484. The Labute approximate surface area is 160 Å². The molecule has 140 valence electrons. The van der Waals surface area contributed by atoms with Gasteiger partial charge >= 0.3 is 0 Å². The molecule has 1 amide bonds. The van der Waals surface area contributed by atoms with E-state index < -0.39 is 0 Å². The molecule has 0 unspecified atom stereocenters. The first-order valence-electron chi connectivity index (χ1n) is 8.69. The van der Waals surface area contributed by atoms with Gasteiger partial charge in [-0.05, 0) is 54.6 Å². The van der Waals surface area contributed by atoms with Gasteiger partial charge in [-0.1, -0.05) is 0 Å². The second-order valence-corrected chi connectivity index (χ2v) is 6.26. The van der Waals surface area contributed by atoms with Crippen LogP contribution in [-0.2, 0) is 4.79 Å². The van der Waals surface area contributed by atoms with E-state index >= 15 is 0 Å². The van der Waals surface area contributed by atoms with Crippen molar-refractivity contribution in [2.45, 2.75) is 6.92 Å². The maximum Gasteiger partial charge on any atom is 0.221 e. The monoisotopic (exact) mass is 375 g/mol. The number of carbonyl (C=O) groups is 2. The zero-order valence-electron chi connectivity index (χ0n) is 15.1. The minimum absolute atomic E-state index is 0.0983. The predicted octanol–water partition coefficient (Wildman–Crippen LogP) is 4.91. The van der Waals surface area contributed by atoms with E-state index in [1.54, 1.807) is 48.9 Å². The van der Waals surface area contributed by atoms with Crippen molar-refractivity contribution in [3.05, 3.63) is 72.7 Å². The van der Waals surface area contributed by atoms with E-state index in [0.717, 1.165) is 10.9 Å². The minimum atomic E-state index is -0.161. The average Bonchev–Trinajstić information content (AvgIpc) is 3.35. The van der Waals surface area contributed by atoms with E-state index in [0.29, 0.717) is 28.3 Å². The number of ketones is 1. The van der Waals surface area contributed by atoms with Gasteiger partial charge in [0.2, 0.25) is 5.91 Å². The Kier molecular flexibility index (Phi) is 4.68. The van der Waals surface area contributed by atoms with Crippen LogP contribution in [0.4, 0.5) is 5.69 Å². The molecular formula is C22H17NO5. The number of carbonyl (C=O) groups excluding carboxylic acids is 2. The van der Waals surface area contributed by atoms with Crippen LogP contribution in [0.25, 0.3) is 22.3 Å². The molecule has 0 aliphatic rings. The van der Waals surface area contributed by atoms with Crippen LogP contribution in [0.15, 0.2) is 76.0 Å². The van der Waals surface area contributed by atoms with Crippen LogP contribution in [0.5, 0.6) is 5.75 Å². The molecule has 6 nitrogen and oxygen atoms in total. The van der Waals surface area contributed by atoms with E-state index in [4.69, 9.17) is 13.6 Å². The number of rotatable bonds is 6. The van der Waals surface area contributed by atoms with Crippen LogP contribution >= 0.6 is 0 Å². The average molecular weight is 375 g/mol. The number of nitrogens with one attached hydrogen (secondary N) is 1. The van der Waals surface area contributed by atoms with Gasteiger partial charge in [0.25, 0.3) is 0 Å². The van der Waals surface area contributed by atoms with Crippen LogP contribution in [0.3, 0.4) is 0 Å². The van der Waals surface area contributed by atoms with Gasteiger partial charge in [0.15, 0.2) is 12.4 Å². The molecule has 0 atom stereocenters. The lowest BCUT2D eigenvalue weighted by atomic mass is 10.1. The Balaban J connectivity index is 1.47. The van der Waals surface area contributed by atoms with Crippen molar-refractivity contribution in [2.24, 2.45) is 0 Å². The van der Waals surface area contributed by atoms with Crippen molar-refractivity contribution in [1.29, 1.82) is 0 Å². The Bertz CT molecular complexity index is 1120. The van der Waals surface area contributed by atoms with Gasteiger partial charge in [-0.3, -0.25) is 9.59 Å². The highest BCUT2D eigenvalue weighted by Crippen LogP contribution is 2.33. The number of hydrogen-bond donors (Lipinski definition) is 1. The van der Waals surface area contributed by atoms with E-state index in [1.165, 1.54) is 6.92 Å². The summed E-state index contributed by atoms with van der Waals surface area (Å²) in [7, 11) is 0. The molecule has 0 aliphatic carbocycles. The molecule has 4 aromatic rings. The number of Topliss-reactive ketones (excluding diaryl/α,β-unsaturated/α-hetero) is 1. The lowest BCUT2D eigenvalue weighted by Crippen LogP contribution is -2.12. The molecule has 2 heterocycles. The first-order valence-corrected chi connectivity index (χ1v) is 8.69. The molecule has 1 N–H and O–H groups in total. The third-order valence-electron chi connectivity index (χ3n) is 4.23. The number of furan rings is 2. The SMILES string of the molecule is CC(=O)Nc1ccc(C(=O)COc2ccc3occ(-c4ccco4)c3c2)cc1. The molecule has 2 aromatic carbocycles. The second-order valence-electron chi connectivity index (χ2n) is 6.26. The van der Waals surface area contributed by atoms with Crippen molar-refractivity contribution in [3.63, 3.8) is 0 Å². The molecule has 0 aliphatic heterocycles. The van der Waals surface area contributed by atoms with Crippen LogP contribution < -0.4 is 10.1 Å². The van der Waals surface area contributed by atoms with Crippen molar-refractivity contribution < 1.29 is 23.2 Å². The normalized spacial score (nSPS) is 10.8. The molecule has 0 bridgehead atoms. The summed E-state index contributed by atoms with van der Waals surface area (Å²) in [5.74, 6) is 0.940. The molecule has 6 heteroatoms. The summed E-state index contributed by atoms with van der Waals surface area (Å²) in [5, 5.41) is 3.51. The molecular weight excluding hydrogens is 358 g/mol. The number of amides is 1. The summed E-state index contributed by atoms with van der Waals surface area (Å²) in [6.07, 6.45) is 3.24. The number of hydrogen-bond acceptors (Lipinski definition) is 5. The van der Waals surface area contributed by atoms with E-state index in [2.05, 4.69) is 5.32 Å². The van der Waals surface area contributed by atoms with Gasteiger partial charge < -0.3 is 18.9 Å². The number of anilines is 1. The summed E-state index contributed by atoms with van der Waals surface area (Å²) < 4.78 is 16.7. The lowest BCUT2D eigenvalue weighted by Gasteiger charge is -2.07. The standard InChI is InChI=1S/C22H17NO5/c1-14(24)23-16-6-4-15(5-7-16)20(25)13-27-17-8-9-22-18(11-17)19(12-28-22)21-3-2-10-26-21/h2-12H,13H2,1H3,(H,23,24). The van der Waals surface area contributed by atoms with Crippen LogP contribution in [0, 0.1) is 0 Å². The van der Waals surface area contributed by atoms with Gasteiger partial charge in [0, 0.05) is 23.6 Å². The fourth-order valence-corrected chi connectivity index (χ4v) is 2.90. The molecule has 0 saturated carbocycles. The smallest absolute Gasteiger partial charge is 0.221 e. The fraction of sp³-hybridized carbons (Fsp3) is 0.0909. The number of fused-ring (bicyclic) bond motifs is 1. The molecule has 4 rings (SSSR count). The zero-order chi connectivity index (χ0) is 19.5. The van der Waals surface area contributed by atoms with Crippen molar-refractivity contribution in [2.75, 3.05) is 11.9 Å². The number of benzene rings is 2.